The molecule has 7 heteroatoms. The number of pyridine rings is 1. The quantitative estimate of drug-likeness (QED) is 0.832. The van der Waals surface area contributed by atoms with Gasteiger partial charge in [0.1, 0.15) is 5.82 Å². The molecule has 1 saturated heterocycles. The summed E-state index contributed by atoms with van der Waals surface area (Å²) in [5.74, 6) is 0.844. The van der Waals surface area contributed by atoms with Gasteiger partial charge in [-0.15, -0.1) is 0 Å². The molecule has 2 heterocycles. The maximum atomic E-state index is 12.0. The normalized spacial score (nSPS) is 16.1. The van der Waals surface area contributed by atoms with Gasteiger partial charge in [0.25, 0.3) is 0 Å². The number of nitrogens with zero attached hydrogens (tertiary/aromatic N) is 3. The molecule has 0 aromatic carbocycles. The van der Waals surface area contributed by atoms with Crippen LogP contribution < -0.4 is 4.90 Å². The van der Waals surface area contributed by atoms with Crippen LogP contribution in [0, 0.1) is 0 Å². The molecule has 1 aliphatic heterocycles. The summed E-state index contributed by atoms with van der Waals surface area (Å²) in [4.78, 5) is 20.1. The molecule has 1 aromatic heterocycles. The molecule has 19 heavy (non-hydrogen) atoms. The zero-order valence-electron chi connectivity index (χ0n) is 10.6. The summed E-state index contributed by atoms with van der Waals surface area (Å²) in [6.07, 6.45) is 1.59. The molecule has 0 bridgehead atoms. The molecular weight excluding hydrogens is 334 g/mol. The minimum Gasteiger partial charge on any atom is -0.383 e. The van der Waals surface area contributed by atoms with E-state index in [1.165, 1.54) is 0 Å². The Balaban J connectivity index is 2.03. The van der Waals surface area contributed by atoms with Crippen molar-refractivity contribution in [2.75, 3.05) is 44.8 Å². The molecule has 104 valence electrons. The number of halogens is 2. The highest BCUT2D eigenvalue weighted by atomic mass is 79.9. The summed E-state index contributed by atoms with van der Waals surface area (Å²) in [6, 6.07) is 1.78. The van der Waals surface area contributed by atoms with Crippen molar-refractivity contribution < 1.29 is 9.53 Å². The number of carbonyl (C=O) groups excluding carboxylic acids is 1. The number of ether oxygens (including phenoxy) is 1. The second-order valence-electron chi connectivity index (χ2n) is 4.25. The average molecular weight is 349 g/mol. The predicted molar refractivity (Wildman–Crippen MR) is 77.6 cm³/mol. The summed E-state index contributed by atoms with van der Waals surface area (Å²) in [7, 11) is 1.63. The van der Waals surface area contributed by atoms with Crippen LogP contribution in [0.5, 0.6) is 0 Å². The molecule has 1 amide bonds. The number of rotatable bonds is 4. The molecule has 0 atom stereocenters. The van der Waals surface area contributed by atoms with Gasteiger partial charge in [0, 0.05) is 32.9 Å². The average Bonchev–Trinajstić information content (AvgIpc) is 2.37. The van der Waals surface area contributed by atoms with Crippen LogP contribution in [0.2, 0.25) is 5.02 Å². The smallest absolute Gasteiger partial charge is 0.242 e. The standard InChI is InChI=1S/C12H15BrClN3O2/c1-19-5-4-16-2-3-17(8-11(16)18)12-10(13)6-9(14)7-15-12/h6-7H,2-5,8H2,1H3. The highest BCUT2D eigenvalue weighted by Gasteiger charge is 2.25. The van der Waals surface area contributed by atoms with E-state index >= 15 is 0 Å². The van der Waals surface area contributed by atoms with Crippen molar-refractivity contribution in [2.24, 2.45) is 0 Å². The van der Waals surface area contributed by atoms with Gasteiger partial charge in [0.15, 0.2) is 0 Å². The monoisotopic (exact) mass is 347 g/mol. The number of hydrogen-bond donors (Lipinski definition) is 0. The first kappa shape index (κ1) is 14.6. The van der Waals surface area contributed by atoms with Crippen molar-refractivity contribution in [1.82, 2.24) is 9.88 Å². The van der Waals surface area contributed by atoms with E-state index in [0.29, 0.717) is 31.3 Å². The lowest BCUT2D eigenvalue weighted by molar-refractivity contribution is -0.131. The number of carbonyl (C=O) groups is 1. The molecule has 0 aliphatic carbocycles. The fraction of sp³-hybridized carbons (Fsp3) is 0.500. The molecule has 1 aliphatic rings. The molecule has 0 radical (unpaired) electrons. The van der Waals surface area contributed by atoms with Crippen LogP contribution in [0.4, 0.5) is 5.82 Å². The van der Waals surface area contributed by atoms with E-state index in [1.807, 2.05) is 9.80 Å². The third-order valence-electron chi connectivity index (χ3n) is 2.97. The first-order chi connectivity index (χ1) is 9.11. The Morgan fingerprint density at radius 1 is 1.53 bits per heavy atom. The van der Waals surface area contributed by atoms with E-state index in [9.17, 15) is 4.79 Å². The van der Waals surface area contributed by atoms with Gasteiger partial charge in [-0.25, -0.2) is 4.98 Å². The zero-order valence-corrected chi connectivity index (χ0v) is 12.9. The first-order valence-electron chi connectivity index (χ1n) is 5.94. The van der Waals surface area contributed by atoms with E-state index in [0.717, 1.165) is 16.8 Å². The number of methoxy groups -OCH3 is 1. The van der Waals surface area contributed by atoms with Crippen molar-refractivity contribution in [3.63, 3.8) is 0 Å². The lowest BCUT2D eigenvalue weighted by atomic mass is 10.3. The van der Waals surface area contributed by atoms with Crippen molar-refractivity contribution in [3.05, 3.63) is 21.8 Å². The van der Waals surface area contributed by atoms with Gasteiger partial charge >= 0.3 is 0 Å². The van der Waals surface area contributed by atoms with Gasteiger partial charge < -0.3 is 14.5 Å². The maximum Gasteiger partial charge on any atom is 0.242 e. The third kappa shape index (κ3) is 3.58. The lowest BCUT2D eigenvalue weighted by Gasteiger charge is -2.35. The van der Waals surface area contributed by atoms with Crippen LogP contribution in [0.15, 0.2) is 16.7 Å². The van der Waals surface area contributed by atoms with Crippen LogP contribution >= 0.6 is 27.5 Å². The topological polar surface area (TPSA) is 45.7 Å². The molecule has 0 spiro atoms. The highest BCUT2D eigenvalue weighted by molar-refractivity contribution is 9.10. The molecule has 0 unspecified atom stereocenters. The predicted octanol–water partition coefficient (Wildman–Crippen LogP) is 1.79. The SMILES string of the molecule is COCCN1CCN(c2ncc(Cl)cc2Br)CC1=O. The largest absolute Gasteiger partial charge is 0.383 e. The summed E-state index contributed by atoms with van der Waals surface area (Å²) in [5, 5.41) is 0.570. The van der Waals surface area contributed by atoms with Gasteiger partial charge in [-0.2, -0.15) is 0 Å². The minimum absolute atomic E-state index is 0.0898. The second kappa shape index (κ2) is 6.54. The Hall–Kier alpha value is -0.850. The van der Waals surface area contributed by atoms with Crippen LogP contribution in [0.3, 0.4) is 0 Å². The molecule has 0 saturated carbocycles. The molecular formula is C12H15BrClN3O2. The fourth-order valence-electron chi connectivity index (χ4n) is 1.97. The molecule has 2 rings (SSSR count). The van der Waals surface area contributed by atoms with Gasteiger partial charge in [-0.05, 0) is 22.0 Å². The van der Waals surface area contributed by atoms with E-state index < -0.39 is 0 Å². The minimum atomic E-state index is 0.0898. The first-order valence-corrected chi connectivity index (χ1v) is 7.11. The summed E-state index contributed by atoms with van der Waals surface area (Å²) in [6.45, 7) is 2.96. The zero-order chi connectivity index (χ0) is 13.8. The molecule has 0 N–H and O–H groups in total. The van der Waals surface area contributed by atoms with Gasteiger partial charge in [-0.3, -0.25) is 4.79 Å². The molecule has 5 nitrogen and oxygen atoms in total. The van der Waals surface area contributed by atoms with E-state index in [2.05, 4.69) is 20.9 Å². The number of amides is 1. The van der Waals surface area contributed by atoms with E-state index in [-0.39, 0.29) is 5.91 Å². The Bertz CT molecular complexity index is 472. The van der Waals surface area contributed by atoms with E-state index in [1.54, 1.807) is 19.4 Å². The van der Waals surface area contributed by atoms with Crippen LogP contribution in [0.1, 0.15) is 0 Å². The van der Waals surface area contributed by atoms with Crippen molar-refractivity contribution in [1.29, 1.82) is 0 Å². The van der Waals surface area contributed by atoms with Gasteiger partial charge in [0.2, 0.25) is 5.91 Å². The summed E-state index contributed by atoms with van der Waals surface area (Å²) >= 11 is 9.29. The van der Waals surface area contributed by atoms with E-state index in [4.69, 9.17) is 16.3 Å². The number of anilines is 1. The Morgan fingerprint density at radius 2 is 2.32 bits per heavy atom. The van der Waals surface area contributed by atoms with Crippen LogP contribution in [-0.2, 0) is 9.53 Å². The number of piperazine rings is 1. The summed E-state index contributed by atoms with van der Waals surface area (Å²) in [5.41, 5.74) is 0. The highest BCUT2D eigenvalue weighted by Crippen LogP contribution is 2.27. The number of aromatic nitrogens is 1. The van der Waals surface area contributed by atoms with Crippen LogP contribution in [0.25, 0.3) is 0 Å². The Kier molecular flexibility index (Phi) is 5.01. The van der Waals surface area contributed by atoms with Crippen molar-refractivity contribution in [3.8, 4) is 0 Å². The number of hydrogen-bond acceptors (Lipinski definition) is 4. The summed E-state index contributed by atoms with van der Waals surface area (Å²) < 4.78 is 5.80. The van der Waals surface area contributed by atoms with Gasteiger partial charge in [0.05, 0.1) is 22.6 Å². The maximum absolute atomic E-state index is 12.0. The second-order valence-corrected chi connectivity index (χ2v) is 5.54. The Labute approximate surface area is 125 Å². The third-order valence-corrected chi connectivity index (χ3v) is 3.76. The molecule has 1 aromatic rings. The van der Waals surface area contributed by atoms with Crippen molar-refractivity contribution in [2.45, 2.75) is 0 Å². The fourth-order valence-corrected chi connectivity index (χ4v) is 2.86. The lowest BCUT2D eigenvalue weighted by Crippen LogP contribution is -2.51. The van der Waals surface area contributed by atoms with Crippen LogP contribution in [-0.4, -0.2) is 55.7 Å². The Morgan fingerprint density at radius 3 is 2.95 bits per heavy atom. The van der Waals surface area contributed by atoms with Gasteiger partial charge in [-0.1, -0.05) is 11.6 Å². The molecule has 1 fully saturated rings. The van der Waals surface area contributed by atoms with Crippen molar-refractivity contribution >= 4 is 39.3 Å².